The van der Waals surface area contributed by atoms with Crippen molar-refractivity contribution in [3.63, 3.8) is 0 Å². The van der Waals surface area contributed by atoms with E-state index in [0.717, 1.165) is 38.5 Å². The Bertz CT molecular complexity index is 608. The molecule has 0 aromatic carbocycles. The number of ketones is 1. The molecule has 192 valence electrons. The van der Waals surface area contributed by atoms with E-state index in [9.17, 15) is 9.90 Å². The highest BCUT2D eigenvalue weighted by Crippen LogP contribution is 2.40. The number of carbonyl (C=O) groups excluding carboxylic acids is 1. The van der Waals surface area contributed by atoms with Crippen LogP contribution in [0.5, 0.6) is 0 Å². The van der Waals surface area contributed by atoms with Gasteiger partial charge < -0.3 is 24.1 Å². The minimum absolute atomic E-state index is 0.144. The van der Waals surface area contributed by atoms with Crippen LogP contribution in [0.15, 0.2) is 12.7 Å². The number of aliphatic hydroxyl groups is 1. The quantitative estimate of drug-likeness (QED) is 0.364. The van der Waals surface area contributed by atoms with E-state index in [0.29, 0.717) is 26.1 Å². The minimum Gasteiger partial charge on any atom is -0.393 e. The molecule has 2 aliphatic heterocycles. The molecule has 0 spiro atoms. The summed E-state index contributed by atoms with van der Waals surface area (Å²) >= 11 is 0. The molecule has 0 bridgehead atoms. The molecule has 6 unspecified atom stereocenters. The van der Waals surface area contributed by atoms with Crippen LogP contribution in [0.25, 0.3) is 0 Å². The Labute approximate surface area is 201 Å². The van der Waals surface area contributed by atoms with Crippen molar-refractivity contribution in [3.05, 3.63) is 12.7 Å². The highest BCUT2D eigenvalue weighted by Gasteiger charge is 2.47. The maximum absolute atomic E-state index is 14.1. The molecule has 0 amide bonds. The van der Waals surface area contributed by atoms with Gasteiger partial charge in [-0.2, -0.15) is 0 Å². The maximum Gasteiger partial charge on any atom is 0.163 e. The second-order valence-corrected chi connectivity index (χ2v) is 11.0. The number of hydrogen-bond donors (Lipinski definition) is 1. The molecular weight excluding hydrogens is 420 g/mol. The molecule has 2 rings (SSSR count). The molecule has 0 aliphatic carbocycles. The number of rotatable bonds is 13. The van der Waals surface area contributed by atoms with E-state index in [1.54, 1.807) is 0 Å². The van der Waals surface area contributed by atoms with Crippen molar-refractivity contribution in [1.29, 1.82) is 0 Å². The molecule has 0 aromatic heterocycles. The van der Waals surface area contributed by atoms with E-state index in [2.05, 4.69) is 13.5 Å². The van der Waals surface area contributed by atoms with Crippen LogP contribution >= 0.6 is 0 Å². The minimum atomic E-state index is -0.700. The highest BCUT2D eigenvalue weighted by atomic mass is 16.7. The third-order valence-corrected chi connectivity index (χ3v) is 7.14. The summed E-state index contributed by atoms with van der Waals surface area (Å²) in [6, 6.07) is 0. The van der Waals surface area contributed by atoms with Crippen molar-refractivity contribution in [2.75, 3.05) is 13.2 Å². The molecule has 6 atom stereocenters. The van der Waals surface area contributed by atoms with Gasteiger partial charge in [0.2, 0.25) is 0 Å². The molecular formula is C27H48O6. The smallest absolute Gasteiger partial charge is 0.163 e. The fraction of sp³-hybridized carbons (Fsp3) is 0.889. The van der Waals surface area contributed by atoms with Crippen molar-refractivity contribution in [2.24, 2.45) is 17.3 Å². The number of aliphatic hydroxyl groups excluding tert-OH is 1. The molecule has 0 saturated carbocycles. The summed E-state index contributed by atoms with van der Waals surface area (Å²) in [4.78, 5) is 14.1. The zero-order valence-electron chi connectivity index (χ0n) is 21.8. The van der Waals surface area contributed by atoms with Crippen LogP contribution < -0.4 is 0 Å². The first-order valence-electron chi connectivity index (χ1n) is 12.9. The standard InChI is InChI=1S/C27H48O6/c1-8-12-21(25(29)26(4,5)22-16-18-31-27(6,7)33-22)24(19(2)13-11-14-20(3)28)32-23-15-9-10-17-30-23/h8,19-24,28H,1,9-18H2,2-7H3. The first kappa shape index (κ1) is 28.4. The van der Waals surface area contributed by atoms with E-state index in [1.807, 2.05) is 40.7 Å². The number of hydrogen-bond acceptors (Lipinski definition) is 6. The lowest BCUT2D eigenvalue weighted by Gasteiger charge is -2.45. The van der Waals surface area contributed by atoms with Gasteiger partial charge in [-0.25, -0.2) is 0 Å². The van der Waals surface area contributed by atoms with Gasteiger partial charge in [-0.3, -0.25) is 4.79 Å². The lowest BCUT2D eigenvalue weighted by atomic mass is 9.71. The van der Waals surface area contributed by atoms with Gasteiger partial charge in [0.1, 0.15) is 5.78 Å². The topological polar surface area (TPSA) is 74.2 Å². The summed E-state index contributed by atoms with van der Waals surface area (Å²) in [5, 5.41) is 9.70. The van der Waals surface area contributed by atoms with Gasteiger partial charge in [-0.05, 0) is 71.6 Å². The van der Waals surface area contributed by atoms with Crippen molar-refractivity contribution in [2.45, 2.75) is 123 Å². The number of Topliss-reactive ketones (excluding diaryl/α,β-unsaturated/α-hetero) is 1. The Balaban J connectivity index is 2.25. The Hall–Kier alpha value is -0.790. The number of ether oxygens (including phenoxy) is 4. The van der Waals surface area contributed by atoms with Crippen LogP contribution in [-0.2, 0) is 23.7 Å². The lowest BCUT2D eigenvalue weighted by molar-refractivity contribution is -0.289. The van der Waals surface area contributed by atoms with E-state index < -0.39 is 11.2 Å². The van der Waals surface area contributed by atoms with Gasteiger partial charge in [0.05, 0.1) is 30.3 Å². The first-order chi connectivity index (χ1) is 15.5. The lowest BCUT2D eigenvalue weighted by Crippen LogP contribution is -2.52. The molecule has 2 heterocycles. The molecule has 6 heteroatoms. The summed E-state index contributed by atoms with van der Waals surface area (Å²) < 4.78 is 24.4. The second-order valence-electron chi connectivity index (χ2n) is 11.0. The third kappa shape index (κ3) is 8.43. The summed E-state index contributed by atoms with van der Waals surface area (Å²) in [6.07, 6.45) is 7.45. The Morgan fingerprint density at radius 1 is 1.21 bits per heavy atom. The Morgan fingerprint density at radius 3 is 2.52 bits per heavy atom. The van der Waals surface area contributed by atoms with Crippen LogP contribution in [0, 0.1) is 17.3 Å². The van der Waals surface area contributed by atoms with Gasteiger partial charge >= 0.3 is 0 Å². The Kier molecular flexibility index (Phi) is 11.0. The first-order valence-corrected chi connectivity index (χ1v) is 12.9. The molecule has 6 nitrogen and oxygen atoms in total. The van der Waals surface area contributed by atoms with Gasteiger partial charge in [0.15, 0.2) is 12.1 Å². The summed E-state index contributed by atoms with van der Waals surface area (Å²) in [5.74, 6) is -0.743. The zero-order chi connectivity index (χ0) is 24.6. The number of carbonyl (C=O) groups is 1. The van der Waals surface area contributed by atoms with Gasteiger partial charge in [-0.1, -0.05) is 33.3 Å². The van der Waals surface area contributed by atoms with Crippen molar-refractivity contribution < 1.29 is 28.8 Å². The second kappa shape index (κ2) is 12.8. The predicted molar refractivity (Wildman–Crippen MR) is 130 cm³/mol. The van der Waals surface area contributed by atoms with Gasteiger partial charge in [-0.15, -0.1) is 6.58 Å². The molecule has 1 N–H and O–H groups in total. The summed E-state index contributed by atoms with van der Waals surface area (Å²) in [6.45, 7) is 17.0. The molecule has 2 saturated heterocycles. The van der Waals surface area contributed by atoms with E-state index >= 15 is 0 Å². The molecule has 0 radical (unpaired) electrons. The fourth-order valence-corrected chi connectivity index (χ4v) is 5.08. The summed E-state index contributed by atoms with van der Waals surface area (Å²) in [7, 11) is 0. The SMILES string of the molecule is C=CCC(C(=O)C(C)(C)C1CCOC(C)(C)O1)C(OC1CCCCO1)C(C)CCCC(C)O. The maximum atomic E-state index is 14.1. The zero-order valence-corrected chi connectivity index (χ0v) is 21.8. The van der Waals surface area contributed by atoms with Crippen LogP contribution in [-0.4, -0.2) is 54.5 Å². The van der Waals surface area contributed by atoms with Crippen molar-refractivity contribution in [1.82, 2.24) is 0 Å². The fourth-order valence-electron chi connectivity index (χ4n) is 5.08. The van der Waals surface area contributed by atoms with Crippen LogP contribution in [0.4, 0.5) is 0 Å². The van der Waals surface area contributed by atoms with Crippen LogP contribution in [0.3, 0.4) is 0 Å². The molecule has 2 fully saturated rings. The normalized spacial score (nSPS) is 27.4. The van der Waals surface area contributed by atoms with E-state index in [-0.39, 0.29) is 42.2 Å². The Morgan fingerprint density at radius 2 is 1.94 bits per heavy atom. The van der Waals surface area contributed by atoms with Crippen LogP contribution in [0.1, 0.15) is 92.9 Å². The average Bonchev–Trinajstić information content (AvgIpc) is 2.75. The average molecular weight is 469 g/mol. The third-order valence-electron chi connectivity index (χ3n) is 7.14. The predicted octanol–water partition coefficient (Wildman–Crippen LogP) is 5.41. The van der Waals surface area contributed by atoms with E-state index in [1.165, 1.54) is 0 Å². The molecule has 0 aromatic rings. The van der Waals surface area contributed by atoms with Gasteiger partial charge in [0, 0.05) is 12.5 Å². The van der Waals surface area contributed by atoms with Crippen LogP contribution in [0.2, 0.25) is 0 Å². The number of allylic oxidation sites excluding steroid dienone is 1. The summed E-state index contributed by atoms with van der Waals surface area (Å²) in [5.41, 5.74) is -0.691. The molecule has 2 aliphatic rings. The van der Waals surface area contributed by atoms with Crippen molar-refractivity contribution in [3.8, 4) is 0 Å². The monoisotopic (exact) mass is 468 g/mol. The largest absolute Gasteiger partial charge is 0.393 e. The highest BCUT2D eigenvalue weighted by molar-refractivity contribution is 5.87. The van der Waals surface area contributed by atoms with E-state index in [4.69, 9.17) is 18.9 Å². The van der Waals surface area contributed by atoms with Gasteiger partial charge in [0.25, 0.3) is 0 Å². The van der Waals surface area contributed by atoms with Crippen molar-refractivity contribution >= 4 is 5.78 Å². The molecule has 33 heavy (non-hydrogen) atoms.